The van der Waals surface area contributed by atoms with Gasteiger partial charge in [-0.2, -0.15) is 0 Å². The predicted octanol–water partition coefficient (Wildman–Crippen LogP) is 5.62. The number of carbonyl (C=O) groups is 2. The highest BCUT2D eigenvalue weighted by Gasteiger charge is 2.37. The monoisotopic (exact) mass is 398 g/mol. The van der Waals surface area contributed by atoms with Gasteiger partial charge in [-0.25, -0.2) is 0 Å². The van der Waals surface area contributed by atoms with E-state index in [1.807, 2.05) is 78.0 Å². The summed E-state index contributed by atoms with van der Waals surface area (Å²) in [5.41, 5.74) is 4.61. The number of Topliss-reactive ketones (excluding diaryl/α,β-unsaturated/α-hetero) is 2. The molecule has 2 aliphatic rings. The van der Waals surface area contributed by atoms with Crippen molar-refractivity contribution in [3.8, 4) is 11.3 Å². The number of aromatic nitrogens is 2. The summed E-state index contributed by atoms with van der Waals surface area (Å²) in [6.45, 7) is 12.1. The van der Waals surface area contributed by atoms with E-state index in [1.165, 1.54) is 0 Å². The van der Waals surface area contributed by atoms with Crippen LogP contribution in [0.5, 0.6) is 0 Å². The zero-order chi connectivity index (χ0) is 21.8. The van der Waals surface area contributed by atoms with Crippen molar-refractivity contribution in [2.75, 3.05) is 0 Å². The van der Waals surface area contributed by atoms with Crippen LogP contribution >= 0.6 is 0 Å². The molecule has 0 aliphatic heterocycles. The average Bonchev–Trinajstić information content (AvgIpc) is 2.67. The highest BCUT2D eigenvalue weighted by atomic mass is 16.1. The molecule has 0 bridgehead atoms. The van der Waals surface area contributed by atoms with Gasteiger partial charge < -0.3 is 0 Å². The molecule has 0 saturated carbocycles. The van der Waals surface area contributed by atoms with E-state index < -0.39 is 0 Å². The second-order valence-corrected chi connectivity index (χ2v) is 9.90. The van der Waals surface area contributed by atoms with E-state index in [2.05, 4.69) is 9.97 Å². The summed E-state index contributed by atoms with van der Waals surface area (Å²) >= 11 is 0. The van der Waals surface area contributed by atoms with Gasteiger partial charge in [0.15, 0.2) is 11.6 Å². The van der Waals surface area contributed by atoms with Gasteiger partial charge in [-0.1, -0.05) is 65.8 Å². The van der Waals surface area contributed by atoms with Gasteiger partial charge >= 0.3 is 0 Å². The molecule has 1 aromatic heterocycles. The standard InChI is InChI=1S/C26H26N2O2/c1-25(2,3)18-13-15(14-19(24(18)30)26(4,5)6)20-22-21(27-11-12-28-22)16-9-7-8-10-17(16)23(20)29/h7-14H,1-6H3. The van der Waals surface area contributed by atoms with Crippen LogP contribution in [0, 0.1) is 10.8 Å². The first-order valence-electron chi connectivity index (χ1n) is 10.2. The van der Waals surface area contributed by atoms with Crippen LogP contribution in [0.4, 0.5) is 0 Å². The molecule has 1 aromatic carbocycles. The molecule has 2 aromatic rings. The Bertz CT molecular complexity index is 1150. The van der Waals surface area contributed by atoms with Crippen LogP contribution in [-0.2, 0) is 4.79 Å². The first kappa shape index (κ1) is 20.1. The minimum Gasteiger partial charge on any atom is -0.289 e. The number of hydrogen-bond acceptors (Lipinski definition) is 4. The van der Waals surface area contributed by atoms with Gasteiger partial charge in [0, 0.05) is 34.7 Å². The van der Waals surface area contributed by atoms with Crippen molar-refractivity contribution in [1.82, 2.24) is 9.97 Å². The van der Waals surface area contributed by atoms with Crippen LogP contribution < -0.4 is 0 Å². The van der Waals surface area contributed by atoms with Crippen molar-refractivity contribution in [3.63, 3.8) is 0 Å². The van der Waals surface area contributed by atoms with E-state index in [4.69, 9.17) is 0 Å². The molecular formula is C26H26N2O2. The normalized spacial score (nSPS) is 16.7. The first-order chi connectivity index (χ1) is 14.0. The predicted molar refractivity (Wildman–Crippen MR) is 119 cm³/mol. The summed E-state index contributed by atoms with van der Waals surface area (Å²) in [5, 5.41) is 0. The first-order valence-corrected chi connectivity index (χ1v) is 10.2. The third-order valence-electron chi connectivity index (χ3n) is 5.58. The summed E-state index contributed by atoms with van der Waals surface area (Å²) in [6, 6.07) is 7.49. The van der Waals surface area contributed by atoms with E-state index in [0.29, 0.717) is 33.7 Å². The van der Waals surface area contributed by atoms with Crippen LogP contribution in [0.15, 0.2) is 65.5 Å². The Labute approximate surface area is 177 Å². The molecule has 4 heteroatoms. The summed E-state index contributed by atoms with van der Waals surface area (Å²) < 4.78 is 0. The van der Waals surface area contributed by atoms with Crippen molar-refractivity contribution in [2.45, 2.75) is 41.5 Å². The Morgan fingerprint density at radius 3 is 1.70 bits per heavy atom. The van der Waals surface area contributed by atoms with Crippen molar-refractivity contribution in [2.24, 2.45) is 10.8 Å². The number of ketones is 2. The number of hydrogen-bond donors (Lipinski definition) is 0. The maximum absolute atomic E-state index is 13.6. The lowest BCUT2D eigenvalue weighted by molar-refractivity contribution is -0.114. The number of fused-ring (bicyclic) bond motifs is 3. The van der Waals surface area contributed by atoms with Gasteiger partial charge in [0.2, 0.25) is 0 Å². The smallest absolute Gasteiger partial charge is 0.196 e. The number of allylic oxidation sites excluding steroid dienone is 6. The molecule has 0 atom stereocenters. The van der Waals surface area contributed by atoms with E-state index >= 15 is 0 Å². The topological polar surface area (TPSA) is 59.9 Å². The van der Waals surface area contributed by atoms with E-state index in [-0.39, 0.29) is 22.4 Å². The van der Waals surface area contributed by atoms with Crippen LogP contribution in [0.1, 0.15) is 57.6 Å². The molecule has 4 nitrogen and oxygen atoms in total. The van der Waals surface area contributed by atoms with Gasteiger partial charge in [0.25, 0.3) is 0 Å². The molecule has 0 saturated heterocycles. The second kappa shape index (κ2) is 6.69. The lowest BCUT2D eigenvalue weighted by Gasteiger charge is -2.32. The van der Waals surface area contributed by atoms with Crippen molar-refractivity contribution in [1.29, 1.82) is 0 Å². The third-order valence-corrected chi connectivity index (χ3v) is 5.58. The van der Waals surface area contributed by atoms with E-state index in [0.717, 1.165) is 11.1 Å². The van der Waals surface area contributed by atoms with Crippen LogP contribution in [0.25, 0.3) is 16.8 Å². The number of rotatable bonds is 0. The molecule has 2 aliphatic carbocycles. The molecule has 30 heavy (non-hydrogen) atoms. The zero-order valence-electron chi connectivity index (χ0n) is 18.3. The zero-order valence-corrected chi connectivity index (χ0v) is 18.3. The maximum atomic E-state index is 13.6. The molecule has 0 radical (unpaired) electrons. The van der Waals surface area contributed by atoms with Crippen molar-refractivity contribution >= 4 is 17.1 Å². The van der Waals surface area contributed by atoms with Crippen molar-refractivity contribution < 1.29 is 9.59 Å². The van der Waals surface area contributed by atoms with Crippen molar-refractivity contribution in [3.05, 3.63) is 76.8 Å². The quantitative estimate of drug-likeness (QED) is 0.540. The summed E-state index contributed by atoms with van der Waals surface area (Å²) in [4.78, 5) is 36.0. The molecule has 152 valence electrons. The SMILES string of the molecule is CC(C)(C)C1=CC(=C2C(=O)c3ccccc3-c3nccnc32)C=C(C(C)(C)C)C1=O. The fraction of sp³-hybridized carbons (Fsp3) is 0.308. The minimum atomic E-state index is -0.353. The van der Waals surface area contributed by atoms with Gasteiger partial charge in [0.05, 0.1) is 11.3 Å². The molecule has 0 fully saturated rings. The second-order valence-electron chi connectivity index (χ2n) is 9.90. The van der Waals surface area contributed by atoms with Gasteiger partial charge in [-0.3, -0.25) is 19.6 Å². The minimum absolute atomic E-state index is 0.0439. The number of carbonyl (C=O) groups excluding carboxylic acids is 2. The largest absolute Gasteiger partial charge is 0.289 e. The fourth-order valence-corrected chi connectivity index (χ4v) is 4.00. The molecule has 1 heterocycles. The number of benzene rings is 1. The molecule has 0 unspecified atom stereocenters. The number of nitrogens with zero attached hydrogens (tertiary/aromatic N) is 2. The Balaban J connectivity index is 2.08. The molecule has 4 rings (SSSR count). The van der Waals surface area contributed by atoms with Gasteiger partial charge in [0.1, 0.15) is 5.69 Å². The summed E-state index contributed by atoms with van der Waals surface area (Å²) in [7, 11) is 0. The molecule has 0 N–H and O–H groups in total. The fourth-order valence-electron chi connectivity index (χ4n) is 4.00. The highest BCUT2D eigenvalue weighted by molar-refractivity contribution is 6.35. The Morgan fingerprint density at radius 1 is 0.667 bits per heavy atom. The van der Waals surface area contributed by atoms with E-state index in [1.54, 1.807) is 12.4 Å². The Hall–Kier alpha value is -3.14. The van der Waals surface area contributed by atoms with Crippen LogP contribution in [0.2, 0.25) is 0 Å². The Morgan fingerprint density at radius 2 is 1.17 bits per heavy atom. The summed E-state index contributed by atoms with van der Waals surface area (Å²) in [6.07, 6.45) is 7.00. The van der Waals surface area contributed by atoms with Gasteiger partial charge in [-0.15, -0.1) is 0 Å². The highest BCUT2D eigenvalue weighted by Crippen LogP contribution is 2.43. The van der Waals surface area contributed by atoms with Crippen LogP contribution in [0.3, 0.4) is 0 Å². The Kier molecular flexibility index (Phi) is 4.50. The molecular weight excluding hydrogens is 372 g/mol. The lowest BCUT2D eigenvalue weighted by Crippen LogP contribution is -2.28. The van der Waals surface area contributed by atoms with E-state index in [9.17, 15) is 9.59 Å². The lowest BCUT2D eigenvalue weighted by atomic mass is 9.70. The van der Waals surface area contributed by atoms with Gasteiger partial charge in [-0.05, 0) is 28.6 Å². The molecule has 0 amide bonds. The summed E-state index contributed by atoms with van der Waals surface area (Å²) in [5.74, 6) is -0.0423. The molecule has 0 spiro atoms. The third kappa shape index (κ3) is 3.17. The van der Waals surface area contributed by atoms with Crippen LogP contribution in [-0.4, -0.2) is 21.5 Å². The average molecular weight is 399 g/mol. The maximum Gasteiger partial charge on any atom is 0.196 e.